The predicted molar refractivity (Wildman–Crippen MR) is 59.3 cm³/mol. The molecule has 0 atom stereocenters. The number of aromatic carboxylic acids is 1. The van der Waals surface area contributed by atoms with Crippen molar-refractivity contribution in [2.75, 3.05) is 5.75 Å². The van der Waals surface area contributed by atoms with E-state index in [1.165, 1.54) is 30.6 Å². The van der Waals surface area contributed by atoms with Crippen molar-refractivity contribution in [3.05, 3.63) is 16.3 Å². The Bertz CT molecular complexity index is 329. The van der Waals surface area contributed by atoms with Crippen LogP contribution in [0.3, 0.4) is 0 Å². The van der Waals surface area contributed by atoms with E-state index in [0.717, 1.165) is 16.6 Å². The Labute approximate surface area is 91.3 Å². The molecule has 0 spiro atoms. The molecule has 2 rings (SSSR count). The molecule has 0 radical (unpaired) electrons. The first-order valence-electron chi connectivity index (χ1n) is 4.70. The Morgan fingerprint density at radius 2 is 2.43 bits per heavy atom. The lowest BCUT2D eigenvalue weighted by Gasteiger charge is -1.95. The zero-order valence-corrected chi connectivity index (χ0v) is 9.37. The number of thioether (sulfide) groups is 1. The molecule has 0 aliphatic heterocycles. The van der Waals surface area contributed by atoms with Gasteiger partial charge >= 0.3 is 5.97 Å². The van der Waals surface area contributed by atoms with Crippen LogP contribution in [-0.4, -0.2) is 16.8 Å². The molecule has 0 aromatic carbocycles. The van der Waals surface area contributed by atoms with E-state index in [0.29, 0.717) is 4.88 Å². The monoisotopic (exact) mass is 228 g/mol. The van der Waals surface area contributed by atoms with Crippen LogP contribution < -0.4 is 0 Å². The number of hydrogen-bond acceptors (Lipinski definition) is 3. The minimum absolute atomic E-state index is 0.443. The molecule has 2 nitrogen and oxygen atoms in total. The van der Waals surface area contributed by atoms with Crippen LogP contribution in [-0.2, 0) is 0 Å². The summed E-state index contributed by atoms with van der Waals surface area (Å²) in [5, 5.41) is 10.7. The number of carboxylic acid groups (broad SMARTS) is 1. The topological polar surface area (TPSA) is 37.3 Å². The Kier molecular flexibility index (Phi) is 3.13. The van der Waals surface area contributed by atoms with Crippen LogP contribution in [0.15, 0.2) is 16.3 Å². The molecule has 0 amide bonds. The minimum Gasteiger partial charge on any atom is -0.477 e. The third kappa shape index (κ3) is 2.75. The molecule has 0 unspecified atom stereocenters. The quantitative estimate of drug-likeness (QED) is 0.785. The molecular weight excluding hydrogens is 216 g/mol. The van der Waals surface area contributed by atoms with Gasteiger partial charge in [0, 0.05) is 10.3 Å². The van der Waals surface area contributed by atoms with Crippen molar-refractivity contribution in [2.45, 2.75) is 24.2 Å². The minimum atomic E-state index is -0.816. The van der Waals surface area contributed by atoms with Gasteiger partial charge in [0.05, 0.1) is 0 Å². The maximum Gasteiger partial charge on any atom is 0.345 e. The van der Waals surface area contributed by atoms with Crippen LogP contribution in [0.5, 0.6) is 0 Å². The molecule has 1 saturated carbocycles. The van der Waals surface area contributed by atoms with Crippen molar-refractivity contribution in [2.24, 2.45) is 5.92 Å². The maximum atomic E-state index is 10.6. The van der Waals surface area contributed by atoms with E-state index in [1.807, 2.05) is 5.38 Å². The van der Waals surface area contributed by atoms with Crippen LogP contribution in [0, 0.1) is 5.92 Å². The van der Waals surface area contributed by atoms with E-state index < -0.39 is 5.97 Å². The second kappa shape index (κ2) is 4.36. The average molecular weight is 228 g/mol. The molecule has 1 heterocycles. The Morgan fingerprint density at radius 3 is 3.00 bits per heavy atom. The zero-order valence-electron chi connectivity index (χ0n) is 7.73. The summed E-state index contributed by atoms with van der Waals surface area (Å²) in [6.45, 7) is 0. The molecular formula is C10H12O2S2. The van der Waals surface area contributed by atoms with Gasteiger partial charge < -0.3 is 5.11 Å². The highest BCUT2D eigenvalue weighted by Crippen LogP contribution is 2.35. The van der Waals surface area contributed by atoms with E-state index in [9.17, 15) is 4.79 Å². The van der Waals surface area contributed by atoms with Gasteiger partial charge in [-0.25, -0.2) is 4.79 Å². The van der Waals surface area contributed by atoms with Gasteiger partial charge in [-0.05, 0) is 24.2 Å². The van der Waals surface area contributed by atoms with E-state index >= 15 is 0 Å². The molecule has 4 heteroatoms. The maximum absolute atomic E-state index is 10.6. The molecule has 1 N–H and O–H groups in total. The third-order valence-corrected chi connectivity index (χ3v) is 4.35. The lowest BCUT2D eigenvalue weighted by Crippen LogP contribution is -1.89. The summed E-state index contributed by atoms with van der Waals surface area (Å²) in [6, 6.07) is 1.77. The average Bonchev–Trinajstić information content (AvgIpc) is 2.82. The second-order valence-electron chi connectivity index (χ2n) is 3.53. The Hall–Kier alpha value is -0.480. The first-order valence-corrected chi connectivity index (χ1v) is 6.57. The van der Waals surface area contributed by atoms with Gasteiger partial charge in [0.1, 0.15) is 4.88 Å². The van der Waals surface area contributed by atoms with Gasteiger partial charge in [-0.3, -0.25) is 0 Å². The summed E-state index contributed by atoms with van der Waals surface area (Å²) in [4.78, 5) is 12.2. The Balaban J connectivity index is 1.79. The molecule has 1 aromatic heterocycles. The fourth-order valence-electron chi connectivity index (χ4n) is 1.26. The van der Waals surface area contributed by atoms with E-state index in [2.05, 4.69) is 0 Å². The SMILES string of the molecule is O=C(O)c1cc(SCCC2CC2)cs1. The first kappa shape index (κ1) is 10.1. The van der Waals surface area contributed by atoms with Gasteiger partial charge in [0.15, 0.2) is 0 Å². The standard InChI is InChI=1S/C10H12O2S2/c11-10(12)9-5-8(6-14-9)13-4-3-7-1-2-7/h5-7H,1-4H2,(H,11,12). The van der Waals surface area contributed by atoms with Gasteiger partial charge in [0.25, 0.3) is 0 Å². The summed E-state index contributed by atoms with van der Waals surface area (Å²) >= 11 is 3.09. The van der Waals surface area contributed by atoms with Crippen LogP contribution in [0.25, 0.3) is 0 Å². The van der Waals surface area contributed by atoms with E-state index in [-0.39, 0.29) is 0 Å². The van der Waals surface area contributed by atoms with E-state index in [1.54, 1.807) is 17.8 Å². The summed E-state index contributed by atoms with van der Waals surface area (Å²) in [5.74, 6) is 1.27. The number of carbonyl (C=O) groups is 1. The molecule has 1 aromatic rings. The van der Waals surface area contributed by atoms with Gasteiger partial charge in [-0.15, -0.1) is 23.1 Å². The van der Waals surface area contributed by atoms with E-state index in [4.69, 9.17) is 5.11 Å². The van der Waals surface area contributed by atoms with Crippen LogP contribution >= 0.6 is 23.1 Å². The number of hydrogen-bond donors (Lipinski definition) is 1. The third-order valence-electron chi connectivity index (χ3n) is 2.28. The number of carboxylic acids is 1. The van der Waals surface area contributed by atoms with Crippen molar-refractivity contribution in [3.63, 3.8) is 0 Å². The second-order valence-corrected chi connectivity index (χ2v) is 5.61. The smallest absolute Gasteiger partial charge is 0.345 e. The van der Waals surface area contributed by atoms with Gasteiger partial charge in [-0.2, -0.15) is 0 Å². The molecule has 76 valence electrons. The Morgan fingerprint density at radius 1 is 1.64 bits per heavy atom. The van der Waals surface area contributed by atoms with Crippen LogP contribution in [0.1, 0.15) is 28.9 Å². The molecule has 1 aliphatic carbocycles. The van der Waals surface area contributed by atoms with Gasteiger partial charge in [-0.1, -0.05) is 12.8 Å². The lowest BCUT2D eigenvalue weighted by atomic mass is 10.3. The fraction of sp³-hybridized carbons (Fsp3) is 0.500. The normalized spacial score (nSPS) is 15.7. The van der Waals surface area contributed by atoms with Crippen molar-refractivity contribution in [3.8, 4) is 0 Å². The zero-order chi connectivity index (χ0) is 9.97. The molecule has 0 bridgehead atoms. The largest absolute Gasteiger partial charge is 0.477 e. The number of thiophene rings is 1. The van der Waals surface area contributed by atoms with Crippen molar-refractivity contribution in [1.82, 2.24) is 0 Å². The molecule has 14 heavy (non-hydrogen) atoms. The predicted octanol–water partition coefficient (Wildman–Crippen LogP) is 3.34. The summed E-state index contributed by atoms with van der Waals surface area (Å²) in [7, 11) is 0. The fourth-order valence-corrected chi connectivity index (χ4v) is 3.24. The highest BCUT2D eigenvalue weighted by atomic mass is 32.2. The lowest BCUT2D eigenvalue weighted by molar-refractivity contribution is 0.0702. The van der Waals surface area contributed by atoms with Crippen LogP contribution in [0.4, 0.5) is 0 Å². The van der Waals surface area contributed by atoms with Crippen molar-refractivity contribution >= 4 is 29.1 Å². The molecule has 0 saturated heterocycles. The van der Waals surface area contributed by atoms with Crippen LogP contribution in [0.2, 0.25) is 0 Å². The summed E-state index contributed by atoms with van der Waals surface area (Å²) in [6.07, 6.45) is 4.07. The van der Waals surface area contributed by atoms with Crippen molar-refractivity contribution < 1.29 is 9.90 Å². The molecule has 1 aliphatic rings. The van der Waals surface area contributed by atoms with Gasteiger partial charge in [0.2, 0.25) is 0 Å². The summed E-state index contributed by atoms with van der Waals surface area (Å²) in [5.41, 5.74) is 0. The highest BCUT2D eigenvalue weighted by molar-refractivity contribution is 7.99. The molecule has 1 fully saturated rings. The number of rotatable bonds is 5. The first-order chi connectivity index (χ1) is 6.75. The highest BCUT2D eigenvalue weighted by Gasteiger charge is 2.20. The summed E-state index contributed by atoms with van der Waals surface area (Å²) < 4.78 is 0. The van der Waals surface area contributed by atoms with Crippen molar-refractivity contribution in [1.29, 1.82) is 0 Å².